The lowest BCUT2D eigenvalue weighted by Crippen LogP contribution is -2.13. The van der Waals surface area contributed by atoms with Crippen LogP contribution in [0.3, 0.4) is 0 Å². The second-order valence-electron chi connectivity index (χ2n) is 4.21. The van der Waals surface area contributed by atoms with Crippen LogP contribution < -0.4 is 4.74 Å². The molecule has 0 amide bonds. The summed E-state index contributed by atoms with van der Waals surface area (Å²) in [6.07, 6.45) is 0.196. The first-order chi connectivity index (χ1) is 9.54. The molecule has 0 radical (unpaired) electrons. The number of carbonyl (C=O) groups is 1. The van der Waals surface area contributed by atoms with E-state index in [9.17, 15) is 9.18 Å². The zero-order valence-electron chi connectivity index (χ0n) is 10.4. The highest BCUT2D eigenvalue weighted by Crippen LogP contribution is 2.26. The first-order valence-electron chi connectivity index (χ1n) is 5.88. The van der Waals surface area contributed by atoms with E-state index in [1.807, 2.05) is 0 Å². The molecule has 0 aromatic heterocycles. The van der Waals surface area contributed by atoms with Crippen LogP contribution in [0.4, 0.5) is 4.39 Å². The summed E-state index contributed by atoms with van der Waals surface area (Å²) in [4.78, 5) is 11.7. The van der Waals surface area contributed by atoms with Gasteiger partial charge in [-0.2, -0.15) is 0 Å². The number of carbonyl (C=O) groups excluding carboxylic acids is 1. The van der Waals surface area contributed by atoms with Crippen LogP contribution >= 0.6 is 23.2 Å². The van der Waals surface area contributed by atoms with E-state index >= 15 is 0 Å². The molecule has 0 fully saturated rings. The van der Waals surface area contributed by atoms with Crippen LogP contribution in [0.2, 0.25) is 10.0 Å². The third-order valence-corrected chi connectivity index (χ3v) is 3.34. The van der Waals surface area contributed by atoms with E-state index in [2.05, 4.69) is 0 Å². The van der Waals surface area contributed by atoms with Crippen molar-refractivity contribution < 1.29 is 13.9 Å². The quantitative estimate of drug-likeness (QED) is 0.821. The summed E-state index contributed by atoms with van der Waals surface area (Å²) in [7, 11) is 0. The van der Waals surface area contributed by atoms with Crippen molar-refractivity contribution in [1.29, 1.82) is 0 Å². The Labute approximate surface area is 126 Å². The van der Waals surface area contributed by atoms with E-state index in [1.165, 1.54) is 12.1 Å². The van der Waals surface area contributed by atoms with Gasteiger partial charge in [-0.05, 0) is 29.8 Å². The number of hydrogen-bond donors (Lipinski definition) is 0. The average Bonchev–Trinajstić information content (AvgIpc) is 2.43. The van der Waals surface area contributed by atoms with Crippen molar-refractivity contribution in [3.63, 3.8) is 0 Å². The summed E-state index contributed by atoms with van der Waals surface area (Å²) in [5.74, 6) is 0.0443. The summed E-state index contributed by atoms with van der Waals surface area (Å²) in [5.41, 5.74) is 0.745. The van der Waals surface area contributed by atoms with Crippen LogP contribution in [-0.4, -0.2) is 12.4 Å². The van der Waals surface area contributed by atoms with Gasteiger partial charge < -0.3 is 4.74 Å². The zero-order valence-corrected chi connectivity index (χ0v) is 11.9. The van der Waals surface area contributed by atoms with Crippen LogP contribution in [-0.2, 0) is 11.2 Å². The summed E-state index contributed by atoms with van der Waals surface area (Å²) in [5, 5.41) is 0.798. The van der Waals surface area contributed by atoms with Gasteiger partial charge in [-0.25, -0.2) is 4.39 Å². The molecule has 2 nitrogen and oxygen atoms in total. The van der Waals surface area contributed by atoms with Gasteiger partial charge in [0.1, 0.15) is 18.2 Å². The Morgan fingerprint density at radius 2 is 1.75 bits per heavy atom. The molecule has 104 valence electrons. The average molecular weight is 313 g/mol. The molecule has 0 heterocycles. The normalized spacial score (nSPS) is 10.3. The van der Waals surface area contributed by atoms with Gasteiger partial charge >= 0.3 is 0 Å². The lowest BCUT2D eigenvalue weighted by atomic mass is 10.1. The maximum Gasteiger partial charge on any atom is 0.174 e. The van der Waals surface area contributed by atoms with Crippen LogP contribution in [0.25, 0.3) is 0 Å². The molecule has 2 rings (SSSR count). The predicted octanol–water partition coefficient (Wildman–Crippen LogP) is 4.32. The second kappa shape index (κ2) is 6.73. The summed E-state index contributed by atoms with van der Waals surface area (Å²) >= 11 is 11.6. The highest BCUT2D eigenvalue weighted by Gasteiger charge is 2.06. The van der Waals surface area contributed by atoms with Gasteiger partial charge in [0.05, 0.1) is 10.0 Å². The van der Waals surface area contributed by atoms with E-state index in [1.54, 1.807) is 30.3 Å². The van der Waals surface area contributed by atoms with Crippen molar-refractivity contribution in [3.05, 3.63) is 63.9 Å². The fourth-order valence-corrected chi connectivity index (χ4v) is 1.90. The third kappa shape index (κ3) is 4.22. The van der Waals surface area contributed by atoms with Crippen molar-refractivity contribution >= 4 is 29.0 Å². The molecule has 0 spiro atoms. The standard InChI is InChI=1S/C15H11Cl2FO2/c16-14-6-5-13(8-15(14)17)20-9-12(19)7-10-1-3-11(18)4-2-10/h1-6,8H,7,9H2. The molecule has 0 aliphatic rings. The minimum Gasteiger partial charge on any atom is -0.486 e. The van der Waals surface area contributed by atoms with Crippen molar-refractivity contribution in [2.45, 2.75) is 6.42 Å². The second-order valence-corrected chi connectivity index (χ2v) is 5.02. The molecule has 0 bridgehead atoms. The van der Waals surface area contributed by atoms with E-state index in [0.717, 1.165) is 5.56 Å². The van der Waals surface area contributed by atoms with E-state index in [0.29, 0.717) is 15.8 Å². The van der Waals surface area contributed by atoms with Gasteiger partial charge in [-0.3, -0.25) is 4.79 Å². The Balaban J connectivity index is 1.88. The van der Waals surface area contributed by atoms with Crippen molar-refractivity contribution in [1.82, 2.24) is 0 Å². The molecule has 0 atom stereocenters. The highest BCUT2D eigenvalue weighted by atomic mass is 35.5. The van der Waals surface area contributed by atoms with Gasteiger partial charge in [0.2, 0.25) is 0 Å². The molecule has 2 aromatic rings. The molecule has 2 aromatic carbocycles. The molecule has 0 unspecified atom stereocenters. The fraction of sp³-hybridized carbons (Fsp3) is 0.133. The monoisotopic (exact) mass is 312 g/mol. The molecular formula is C15H11Cl2FO2. The minimum atomic E-state index is -0.326. The smallest absolute Gasteiger partial charge is 0.174 e. The lowest BCUT2D eigenvalue weighted by molar-refractivity contribution is -0.120. The number of hydrogen-bond acceptors (Lipinski definition) is 2. The highest BCUT2D eigenvalue weighted by molar-refractivity contribution is 6.42. The maximum atomic E-state index is 12.7. The topological polar surface area (TPSA) is 26.3 Å². The number of rotatable bonds is 5. The summed E-state index contributed by atoms with van der Waals surface area (Å²) < 4.78 is 18.1. The predicted molar refractivity (Wildman–Crippen MR) is 77.1 cm³/mol. The SMILES string of the molecule is O=C(COc1ccc(Cl)c(Cl)c1)Cc1ccc(F)cc1. The molecule has 0 aliphatic heterocycles. The van der Waals surface area contributed by atoms with Gasteiger partial charge in [0, 0.05) is 12.5 Å². The maximum absolute atomic E-state index is 12.7. The van der Waals surface area contributed by atoms with Crippen LogP contribution in [0.1, 0.15) is 5.56 Å². The fourth-order valence-electron chi connectivity index (χ4n) is 1.61. The Kier molecular flexibility index (Phi) is 4.99. The minimum absolute atomic E-state index is 0.0741. The number of benzene rings is 2. The van der Waals surface area contributed by atoms with Gasteiger partial charge in [-0.1, -0.05) is 35.3 Å². The molecule has 0 saturated carbocycles. The molecule has 0 N–H and O–H groups in total. The number of Topliss-reactive ketones (excluding diaryl/α,β-unsaturated/α-hetero) is 1. The van der Waals surface area contributed by atoms with E-state index in [-0.39, 0.29) is 24.6 Å². The number of halogens is 3. The lowest BCUT2D eigenvalue weighted by Gasteiger charge is -2.06. The van der Waals surface area contributed by atoms with Crippen molar-refractivity contribution in [2.75, 3.05) is 6.61 Å². The summed E-state index contributed by atoms with van der Waals surface area (Å²) in [6.45, 7) is -0.0741. The van der Waals surface area contributed by atoms with Crippen LogP contribution in [0.15, 0.2) is 42.5 Å². The van der Waals surface area contributed by atoms with Gasteiger partial charge in [-0.15, -0.1) is 0 Å². The Hall–Kier alpha value is -1.58. The molecule has 0 aliphatic carbocycles. The summed E-state index contributed by atoms with van der Waals surface area (Å²) in [6, 6.07) is 10.6. The van der Waals surface area contributed by atoms with Crippen LogP contribution in [0.5, 0.6) is 5.75 Å². The van der Waals surface area contributed by atoms with Crippen molar-refractivity contribution in [2.24, 2.45) is 0 Å². The molecule has 0 saturated heterocycles. The Morgan fingerprint density at radius 3 is 2.40 bits per heavy atom. The Bertz CT molecular complexity index is 612. The molecular weight excluding hydrogens is 302 g/mol. The first kappa shape index (κ1) is 14.8. The van der Waals surface area contributed by atoms with E-state index < -0.39 is 0 Å². The van der Waals surface area contributed by atoms with Crippen LogP contribution in [0, 0.1) is 5.82 Å². The first-order valence-corrected chi connectivity index (χ1v) is 6.64. The van der Waals surface area contributed by atoms with Gasteiger partial charge in [0.15, 0.2) is 5.78 Å². The third-order valence-electron chi connectivity index (χ3n) is 2.61. The van der Waals surface area contributed by atoms with Gasteiger partial charge in [0.25, 0.3) is 0 Å². The Morgan fingerprint density at radius 1 is 1.05 bits per heavy atom. The van der Waals surface area contributed by atoms with E-state index in [4.69, 9.17) is 27.9 Å². The molecule has 20 heavy (non-hydrogen) atoms. The van der Waals surface area contributed by atoms with Crippen molar-refractivity contribution in [3.8, 4) is 5.75 Å². The zero-order chi connectivity index (χ0) is 14.5. The largest absolute Gasteiger partial charge is 0.486 e. The molecule has 5 heteroatoms. The number of ketones is 1. The number of ether oxygens (including phenoxy) is 1.